The van der Waals surface area contributed by atoms with Crippen molar-refractivity contribution in [3.05, 3.63) is 68.5 Å². The molecular formula is C19H21BrN2O4. The summed E-state index contributed by atoms with van der Waals surface area (Å²) in [5, 5.41) is 2.93. The van der Waals surface area contributed by atoms with Crippen LogP contribution in [-0.2, 0) is 9.53 Å². The Morgan fingerprint density at radius 3 is 2.58 bits per heavy atom. The van der Waals surface area contributed by atoms with Crippen molar-refractivity contribution in [3.8, 4) is 0 Å². The molecule has 0 aliphatic carbocycles. The second kappa shape index (κ2) is 9.33. The van der Waals surface area contributed by atoms with E-state index in [0.29, 0.717) is 0 Å². The van der Waals surface area contributed by atoms with Crippen LogP contribution in [0.2, 0.25) is 0 Å². The number of benzene rings is 1. The average molecular weight is 421 g/mol. The molecule has 0 radical (unpaired) electrons. The van der Waals surface area contributed by atoms with Crippen LogP contribution in [0.4, 0.5) is 0 Å². The minimum atomic E-state index is -0.962. The van der Waals surface area contributed by atoms with Crippen molar-refractivity contribution < 1.29 is 14.3 Å². The molecule has 0 spiro atoms. The number of amides is 1. The molecule has 1 amide bonds. The highest BCUT2D eigenvalue weighted by atomic mass is 79.9. The maximum atomic E-state index is 12.4. The first-order chi connectivity index (χ1) is 12.4. The standard InChI is InChI=1S/C19H21BrN2O4/c1-3-7-16(13-8-5-4-6-9-13)22-17(23)12(2)26-19(25)14-10-15(20)18(24)21-11-14/h4-6,8-12,16H,3,7H2,1-2H3,(H,21,24)(H,22,23). The fourth-order valence-corrected chi connectivity index (χ4v) is 2.80. The van der Waals surface area contributed by atoms with Crippen LogP contribution in [0.15, 0.2) is 51.9 Å². The average Bonchev–Trinajstić information content (AvgIpc) is 2.64. The van der Waals surface area contributed by atoms with E-state index in [4.69, 9.17) is 4.74 Å². The van der Waals surface area contributed by atoms with E-state index in [1.54, 1.807) is 0 Å². The normalized spacial score (nSPS) is 12.9. The zero-order chi connectivity index (χ0) is 19.1. The Kier molecular flexibility index (Phi) is 7.15. The highest BCUT2D eigenvalue weighted by molar-refractivity contribution is 9.10. The minimum absolute atomic E-state index is 0.142. The first-order valence-electron chi connectivity index (χ1n) is 8.37. The molecule has 2 aromatic rings. The van der Waals surface area contributed by atoms with Crippen molar-refractivity contribution in [2.75, 3.05) is 0 Å². The molecule has 6 nitrogen and oxygen atoms in total. The number of nitrogens with one attached hydrogen (secondary N) is 2. The van der Waals surface area contributed by atoms with E-state index < -0.39 is 12.1 Å². The van der Waals surface area contributed by atoms with Crippen LogP contribution in [0.5, 0.6) is 0 Å². The Bertz CT molecular complexity index is 820. The molecule has 2 N–H and O–H groups in total. The van der Waals surface area contributed by atoms with Gasteiger partial charge in [-0.2, -0.15) is 0 Å². The zero-order valence-corrected chi connectivity index (χ0v) is 16.2. The molecule has 7 heteroatoms. The molecule has 1 heterocycles. The smallest absolute Gasteiger partial charge is 0.340 e. The van der Waals surface area contributed by atoms with Crippen LogP contribution in [0.3, 0.4) is 0 Å². The molecule has 0 aliphatic rings. The van der Waals surface area contributed by atoms with Crippen molar-refractivity contribution in [3.63, 3.8) is 0 Å². The number of H-pyrrole nitrogens is 1. The second-order valence-electron chi connectivity index (χ2n) is 5.87. The summed E-state index contributed by atoms with van der Waals surface area (Å²) in [5.74, 6) is -1.06. The molecule has 2 unspecified atom stereocenters. The Morgan fingerprint density at radius 2 is 1.96 bits per heavy atom. The molecule has 26 heavy (non-hydrogen) atoms. The predicted molar refractivity (Wildman–Crippen MR) is 102 cm³/mol. The molecule has 138 valence electrons. The van der Waals surface area contributed by atoms with Crippen LogP contribution in [0.1, 0.15) is 48.7 Å². The van der Waals surface area contributed by atoms with E-state index in [9.17, 15) is 14.4 Å². The van der Waals surface area contributed by atoms with Crippen LogP contribution in [0, 0.1) is 0 Å². The van der Waals surface area contributed by atoms with Gasteiger partial charge in [0.05, 0.1) is 16.1 Å². The molecule has 0 saturated carbocycles. The SMILES string of the molecule is CCCC(NC(=O)C(C)OC(=O)c1c[nH]c(=O)c(Br)c1)c1ccccc1. The molecular weight excluding hydrogens is 400 g/mol. The maximum absolute atomic E-state index is 12.4. The van der Waals surface area contributed by atoms with Gasteiger partial charge in [0.2, 0.25) is 0 Å². The highest BCUT2D eigenvalue weighted by Crippen LogP contribution is 2.18. The van der Waals surface area contributed by atoms with Crippen LogP contribution >= 0.6 is 15.9 Å². The number of ether oxygens (including phenoxy) is 1. The number of esters is 1. The van der Waals surface area contributed by atoms with Crippen molar-refractivity contribution in [1.29, 1.82) is 0 Å². The van der Waals surface area contributed by atoms with Gasteiger partial charge in [0.1, 0.15) is 0 Å². The van der Waals surface area contributed by atoms with E-state index in [2.05, 4.69) is 26.2 Å². The maximum Gasteiger partial charge on any atom is 0.340 e. The number of halogens is 1. The number of carbonyl (C=O) groups is 2. The summed E-state index contributed by atoms with van der Waals surface area (Å²) in [4.78, 5) is 38.3. The minimum Gasteiger partial charge on any atom is -0.449 e. The second-order valence-corrected chi connectivity index (χ2v) is 6.73. The van der Waals surface area contributed by atoms with Crippen LogP contribution in [-0.4, -0.2) is 23.0 Å². The summed E-state index contributed by atoms with van der Waals surface area (Å²) in [6.07, 6.45) is 1.98. The van der Waals surface area contributed by atoms with Crippen molar-refractivity contribution in [2.45, 2.75) is 38.8 Å². The van der Waals surface area contributed by atoms with Crippen molar-refractivity contribution in [1.82, 2.24) is 10.3 Å². The Balaban J connectivity index is 2.02. The summed E-state index contributed by atoms with van der Waals surface area (Å²) in [5.41, 5.74) is 0.813. The fraction of sp³-hybridized carbons (Fsp3) is 0.316. The van der Waals surface area contributed by atoms with E-state index in [1.807, 2.05) is 37.3 Å². The van der Waals surface area contributed by atoms with Gasteiger partial charge in [-0.15, -0.1) is 0 Å². The Hall–Kier alpha value is -2.41. The van der Waals surface area contributed by atoms with Gasteiger partial charge in [-0.05, 0) is 40.9 Å². The van der Waals surface area contributed by atoms with Gasteiger partial charge in [-0.25, -0.2) is 4.79 Å². The largest absolute Gasteiger partial charge is 0.449 e. The molecule has 1 aromatic carbocycles. The topological polar surface area (TPSA) is 88.3 Å². The van der Waals surface area contributed by atoms with E-state index in [1.165, 1.54) is 19.2 Å². The fourth-order valence-electron chi connectivity index (χ4n) is 2.44. The molecule has 0 bridgehead atoms. The summed E-state index contributed by atoms with van der Waals surface area (Å²) < 4.78 is 5.43. The lowest BCUT2D eigenvalue weighted by molar-refractivity contribution is -0.129. The number of aromatic amines is 1. The third-order valence-electron chi connectivity index (χ3n) is 3.84. The lowest BCUT2D eigenvalue weighted by atomic mass is 10.0. The summed E-state index contributed by atoms with van der Waals surface area (Å²) in [6.45, 7) is 3.56. The lowest BCUT2D eigenvalue weighted by Gasteiger charge is -2.21. The van der Waals surface area contributed by atoms with Gasteiger partial charge in [0, 0.05) is 6.20 Å². The molecule has 0 fully saturated rings. The van der Waals surface area contributed by atoms with E-state index >= 15 is 0 Å². The lowest BCUT2D eigenvalue weighted by Crippen LogP contribution is -2.38. The van der Waals surface area contributed by atoms with Gasteiger partial charge in [-0.1, -0.05) is 43.7 Å². The van der Waals surface area contributed by atoms with Gasteiger partial charge >= 0.3 is 5.97 Å². The van der Waals surface area contributed by atoms with Crippen molar-refractivity contribution >= 4 is 27.8 Å². The van der Waals surface area contributed by atoms with Crippen LogP contribution in [0.25, 0.3) is 0 Å². The third-order valence-corrected chi connectivity index (χ3v) is 4.43. The Labute approximate surface area is 160 Å². The Morgan fingerprint density at radius 1 is 1.27 bits per heavy atom. The van der Waals surface area contributed by atoms with E-state index in [-0.39, 0.29) is 27.5 Å². The van der Waals surface area contributed by atoms with E-state index in [0.717, 1.165) is 18.4 Å². The van der Waals surface area contributed by atoms with Crippen molar-refractivity contribution in [2.24, 2.45) is 0 Å². The number of aromatic nitrogens is 1. The first kappa shape index (κ1) is 19.9. The van der Waals surface area contributed by atoms with Gasteiger partial charge < -0.3 is 15.0 Å². The molecule has 0 aliphatic heterocycles. The monoisotopic (exact) mass is 420 g/mol. The molecule has 2 atom stereocenters. The van der Waals surface area contributed by atoms with Crippen LogP contribution < -0.4 is 10.9 Å². The predicted octanol–water partition coefficient (Wildman–Crippen LogP) is 3.34. The summed E-state index contributed by atoms with van der Waals surface area (Å²) in [6, 6.07) is 10.9. The number of hydrogen-bond acceptors (Lipinski definition) is 4. The van der Waals surface area contributed by atoms with Gasteiger partial charge in [-0.3, -0.25) is 9.59 Å². The number of hydrogen-bond donors (Lipinski definition) is 2. The number of rotatable bonds is 7. The summed E-state index contributed by atoms with van der Waals surface area (Å²) >= 11 is 3.05. The molecule has 2 rings (SSSR count). The number of carbonyl (C=O) groups excluding carboxylic acids is 2. The quantitative estimate of drug-likeness (QED) is 0.672. The molecule has 1 aromatic heterocycles. The highest BCUT2D eigenvalue weighted by Gasteiger charge is 2.22. The van der Waals surface area contributed by atoms with Gasteiger partial charge in [0.25, 0.3) is 11.5 Å². The van der Waals surface area contributed by atoms with Gasteiger partial charge in [0.15, 0.2) is 6.10 Å². The summed E-state index contributed by atoms with van der Waals surface area (Å²) in [7, 11) is 0. The zero-order valence-electron chi connectivity index (χ0n) is 14.6. The first-order valence-corrected chi connectivity index (χ1v) is 9.16. The number of pyridine rings is 1. The molecule has 0 saturated heterocycles. The third kappa shape index (κ3) is 5.29.